The maximum Gasteiger partial charge on any atom is 0.262 e. The van der Waals surface area contributed by atoms with Crippen molar-refractivity contribution >= 4 is 22.6 Å². The lowest BCUT2D eigenvalue weighted by molar-refractivity contribution is 0.102. The van der Waals surface area contributed by atoms with Gasteiger partial charge in [-0.1, -0.05) is 12.1 Å². The second-order valence-corrected chi connectivity index (χ2v) is 9.81. The highest BCUT2D eigenvalue weighted by Crippen LogP contribution is 2.36. The zero-order valence-electron chi connectivity index (χ0n) is 23.8. The van der Waals surface area contributed by atoms with Crippen molar-refractivity contribution in [2.75, 3.05) is 19.5 Å². The molecule has 0 atom stereocenters. The second-order valence-electron chi connectivity index (χ2n) is 9.81. The van der Waals surface area contributed by atoms with E-state index < -0.39 is 17.2 Å². The normalized spacial score (nSPS) is 11.0. The largest absolute Gasteiger partial charge is 0.493 e. The molecule has 2 aromatic carbocycles. The van der Waals surface area contributed by atoms with Gasteiger partial charge in [0.15, 0.2) is 11.5 Å². The molecule has 0 fully saturated rings. The van der Waals surface area contributed by atoms with Gasteiger partial charge < -0.3 is 24.1 Å². The number of hydrogen-bond acceptors (Lipinski definition) is 7. The van der Waals surface area contributed by atoms with Gasteiger partial charge in [-0.25, -0.2) is 9.37 Å². The lowest BCUT2D eigenvalue weighted by Crippen LogP contribution is -2.27. The fourth-order valence-electron chi connectivity index (χ4n) is 4.74. The van der Waals surface area contributed by atoms with E-state index in [1.807, 2.05) is 18.4 Å². The number of amides is 1. The third-order valence-corrected chi connectivity index (χ3v) is 6.84. The van der Waals surface area contributed by atoms with Crippen LogP contribution in [0.1, 0.15) is 35.9 Å². The molecule has 9 nitrogen and oxygen atoms in total. The Morgan fingerprint density at radius 3 is 2.31 bits per heavy atom. The third kappa shape index (κ3) is 5.51. The predicted molar refractivity (Wildman–Crippen MR) is 158 cm³/mol. The van der Waals surface area contributed by atoms with Gasteiger partial charge in [-0.05, 0) is 62.7 Å². The quantitative estimate of drug-likeness (QED) is 0.226. The fraction of sp³-hybridized carbons (Fsp3) is 0.188. The van der Waals surface area contributed by atoms with Gasteiger partial charge in [-0.2, -0.15) is 0 Å². The molecule has 3 heterocycles. The minimum atomic E-state index is -0.611. The summed E-state index contributed by atoms with van der Waals surface area (Å²) >= 11 is 0. The number of anilines is 1. The summed E-state index contributed by atoms with van der Waals surface area (Å²) in [5, 5.41) is 3.41. The van der Waals surface area contributed by atoms with Crippen molar-refractivity contribution in [3.05, 3.63) is 100 Å². The molecule has 5 aromatic rings. The number of aromatic nitrogens is 3. The number of fused-ring (bicyclic) bond motifs is 1. The first-order valence-electron chi connectivity index (χ1n) is 13.2. The van der Waals surface area contributed by atoms with Crippen LogP contribution < -0.4 is 25.0 Å². The lowest BCUT2D eigenvalue weighted by atomic mass is 10.0. The van der Waals surface area contributed by atoms with Crippen molar-refractivity contribution in [3.8, 4) is 34.1 Å². The Balaban J connectivity index is 1.41. The molecule has 3 aromatic heterocycles. The fourth-order valence-corrected chi connectivity index (χ4v) is 4.74. The van der Waals surface area contributed by atoms with Crippen LogP contribution in [0.2, 0.25) is 0 Å². The van der Waals surface area contributed by atoms with Crippen LogP contribution in [0.15, 0.2) is 78.0 Å². The molecule has 0 spiro atoms. The van der Waals surface area contributed by atoms with E-state index in [0.717, 1.165) is 0 Å². The number of benzene rings is 2. The number of hydrogen-bond donors (Lipinski definition) is 1. The van der Waals surface area contributed by atoms with Crippen molar-refractivity contribution in [3.63, 3.8) is 0 Å². The first kappa shape index (κ1) is 28.3. The van der Waals surface area contributed by atoms with Crippen molar-refractivity contribution in [2.45, 2.75) is 26.8 Å². The van der Waals surface area contributed by atoms with Crippen LogP contribution in [0, 0.1) is 12.7 Å². The molecule has 0 aliphatic heterocycles. The summed E-state index contributed by atoms with van der Waals surface area (Å²) in [5.74, 6) is 1.25. The van der Waals surface area contributed by atoms with Crippen molar-refractivity contribution in [1.29, 1.82) is 0 Å². The summed E-state index contributed by atoms with van der Waals surface area (Å²) in [6, 6.07) is 14.1. The molecule has 0 radical (unpaired) electrons. The number of carbonyl (C=O) groups excluding carboxylic acids is 1. The zero-order chi connectivity index (χ0) is 30.0. The third-order valence-electron chi connectivity index (χ3n) is 6.84. The van der Waals surface area contributed by atoms with E-state index in [1.165, 1.54) is 30.5 Å². The van der Waals surface area contributed by atoms with Gasteiger partial charge in [0.2, 0.25) is 5.43 Å². The van der Waals surface area contributed by atoms with Gasteiger partial charge in [0.05, 0.1) is 25.9 Å². The summed E-state index contributed by atoms with van der Waals surface area (Å²) in [6.45, 7) is 5.71. The minimum absolute atomic E-state index is 0.0313. The molecule has 214 valence electrons. The molecular formula is C32H29FN4O5. The van der Waals surface area contributed by atoms with Gasteiger partial charge in [0, 0.05) is 41.1 Å². The Morgan fingerprint density at radius 2 is 1.67 bits per heavy atom. The van der Waals surface area contributed by atoms with Gasteiger partial charge >= 0.3 is 0 Å². The molecule has 0 aliphatic rings. The van der Waals surface area contributed by atoms with Crippen LogP contribution >= 0.6 is 0 Å². The number of halogens is 1. The van der Waals surface area contributed by atoms with Crippen molar-refractivity contribution in [1.82, 2.24) is 14.5 Å². The highest BCUT2D eigenvalue weighted by Gasteiger charge is 2.21. The molecule has 0 saturated carbocycles. The van der Waals surface area contributed by atoms with E-state index in [0.29, 0.717) is 50.7 Å². The molecule has 0 aliphatic carbocycles. The molecule has 1 amide bonds. The highest BCUT2D eigenvalue weighted by molar-refractivity contribution is 6.04. The second kappa shape index (κ2) is 11.7. The molecule has 10 heteroatoms. The summed E-state index contributed by atoms with van der Waals surface area (Å²) in [6.07, 6.45) is 4.63. The summed E-state index contributed by atoms with van der Waals surface area (Å²) < 4.78 is 32.2. The van der Waals surface area contributed by atoms with Gasteiger partial charge in [-0.15, -0.1) is 0 Å². The van der Waals surface area contributed by atoms with Crippen LogP contribution in [0.25, 0.3) is 22.0 Å². The van der Waals surface area contributed by atoms with E-state index in [2.05, 4.69) is 15.3 Å². The number of rotatable bonds is 8. The van der Waals surface area contributed by atoms with E-state index in [1.54, 1.807) is 63.9 Å². The maximum atomic E-state index is 13.6. The first-order valence-corrected chi connectivity index (χ1v) is 13.2. The molecule has 5 rings (SSSR count). The van der Waals surface area contributed by atoms with Crippen LogP contribution in [0.3, 0.4) is 0 Å². The molecule has 0 bridgehead atoms. The first-order chi connectivity index (χ1) is 20.2. The number of pyridine rings is 3. The Labute approximate surface area is 241 Å². The Hall–Kier alpha value is -5.25. The lowest BCUT2D eigenvalue weighted by Gasteiger charge is -2.20. The zero-order valence-corrected chi connectivity index (χ0v) is 23.8. The van der Waals surface area contributed by atoms with E-state index in [-0.39, 0.29) is 17.4 Å². The topological polar surface area (TPSA) is 105 Å². The standard InChI is InChI=1S/C32H29FN4O5/c1-18(2)37-17-24(31(38)30(19(37)3)20-6-8-21(33)9-7-20)32(39)36-29-11-10-22(16-35-29)42-26-12-13-34-25-15-28(41-5)27(40-4)14-23(25)26/h6-18H,1-5H3,(H,35,36,39). The summed E-state index contributed by atoms with van der Waals surface area (Å²) in [4.78, 5) is 35.5. The Morgan fingerprint density at radius 1 is 0.952 bits per heavy atom. The monoisotopic (exact) mass is 568 g/mol. The molecule has 0 unspecified atom stereocenters. The van der Waals surface area contributed by atoms with Crippen LogP contribution in [-0.2, 0) is 0 Å². The van der Waals surface area contributed by atoms with Crippen molar-refractivity contribution < 1.29 is 23.4 Å². The molecule has 1 N–H and O–H groups in total. The highest BCUT2D eigenvalue weighted by atomic mass is 19.1. The van der Waals surface area contributed by atoms with Crippen LogP contribution in [0.4, 0.5) is 10.2 Å². The van der Waals surface area contributed by atoms with Crippen LogP contribution in [0.5, 0.6) is 23.0 Å². The number of nitrogens with zero attached hydrogens (tertiary/aromatic N) is 3. The summed E-state index contributed by atoms with van der Waals surface area (Å²) in [5.41, 5.74) is 1.70. The Bertz CT molecular complexity index is 1830. The van der Waals surface area contributed by atoms with E-state index >= 15 is 0 Å². The van der Waals surface area contributed by atoms with Gasteiger partial charge in [-0.3, -0.25) is 14.6 Å². The number of nitrogens with one attached hydrogen (secondary N) is 1. The maximum absolute atomic E-state index is 13.6. The average Bonchev–Trinajstić information content (AvgIpc) is 2.98. The Kier molecular flexibility index (Phi) is 7.88. The van der Waals surface area contributed by atoms with E-state index in [4.69, 9.17) is 14.2 Å². The molecule has 42 heavy (non-hydrogen) atoms. The molecular weight excluding hydrogens is 539 g/mol. The smallest absolute Gasteiger partial charge is 0.262 e. The minimum Gasteiger partial charge on any atom is -0.493 e. The predicted octanol–water partition coefficient (Wildman–Crippen LogP) is 6.55. The SMILES string of the molecule is COc1cc2nccc(Oc3ccc(NC(=O)c4cn(C(C)C)c(C)c(-c5ccc(F)cc5)c4=O)nc3)c2cc1OC. The van der Waals surface area contributed by atoms with Gasteiger partial charge in [0.25, 0.3) is 5.91 Å². The number of methoxy groups -OCH3 is 2. The molecule has 0 saturated heterocycles. The number of carbonyl (C=O) groups is 1. The average molecular weight is 569 g/mol. The van der Waals surface area contributed by atoms with Gasteiger partial charge in [0.1, 0.15) is 28.7 Å². The van der Waals surface area contributed by atoms with E-state index in [9.17, 15) is 14.0 Å². The van der Waals surface area contributed by atoms with Crippen LogP contribution in [-0.4, -0.2) is 34.7 Å². The summed E-state index contributed by atoms with van der Waals surface area (Å²) in [7, 11) is 3.11. The number of ether oxygens (including phenoxy) is 3. The van der Waals surface area contributed by atoms with Crippen molar-refractivity contribution in [2.24, 2.45) is 0 Å².